The molecule has 1 aliphatic carbocycles. The van der Waals surface area contributed by atoms with Gasteiger partial charge in [-0.3, -0.25) is 4.79 Å². The van der Waals surface area contributed by atoms with E-state index < -0.39 is 0 Å². The molecule has 3 nitrogen and oxygen atoms in total. The van der Waals surface area contributed by atoms with Crippen LogP contribution in [0.25, 0.3) is 0 Å². The van der Waals surface area contributed by atoms with Gasteiger partial charge in [-0.1, -0.05) is 25.0 Å². The SMILES string of the molecule is Cc1cc(CNCC(=O)NC2CCCC2)cc(C)c1F. The van der Waals surface area contributed by atoms with Gasteiger partial charge in [0.2, 0.25) is 5.91 Å². The second-order valence-corrected chi connectivity index (χ2v) is 5.70. The Balaban J connectivity index is 1.76. The van der Waals surface area contributed by atoms with E-state index in [9.17, 15) is 9.18 Å². The Hall–Kier alpha value is -1.42. The number of benzene rings is 1. The Morgan fingerprint density at radius 2 is 1.85 bits per heavy atom. The van der Waals surface area contributed by atoms with Crippen LogP contribution in [0.15, 0.2) is 12.1 Å². The van der Waals surface area contributed by atoms with Gasteiger partial charge in [-0.25, -0.2) is 4.39 Å². The van der Waals surface area contributed by atoms with Gasteiger partial charge in [0.15, 0.2) is 0 Å². The van der Waals surface area contributed by atoms with E-state index in [0.717, 1.165) is 18.4 Å². The minimum Gasteiger partial charge on any atom is -0.352 e. The van der Waals surface area contributed by atoms with Crippen molar-refractivity contribution in [2.75, 3.05) is 6.54 Å². The molecule has 0 saturated heterocycles. The predicted molar refractivity (Wildman–Crippen MR) is 78.0 cm³/mol. The second kappa shape index (κ2) is 6.84. The lowest BCUT2D eigenvalue weighted by atomic mass is 10.1. The molecule has 20 heavy (non-hydrogen) atoms. The standard InChI is InChI=1S/C16H23FN2O/c1-11-7-13(8-12(2)16(11)17)9-18-10-15(20)19-14-5-3-4-6-14/h7-8,14,18H,3-6,9-10H2,1-2H3,(H,19,20). The van der Waals surface area contributed by atoms with Gasteiger partial charge in [-0.05, 0) is 43.4 Å². The second-order valence-electron chi connectivity index (χ2n) is 5.70. The van der Waals surface area contributed by atoms with E-state index in [1.165, 1.54) is 12.8 Å². The molecule has 1 amide bonds. The molecule has 1 aliphatic rings. The van der Waals surface area contributed by atoms with Crippen LogP contribution in [0, 0.1) is 19.7 Å². The van der Waals surface area contributed by atoms with Crippen LogP contribution in [0.2, 0.25) is 0 Å². The monoisotopic (exact) mass is 278 g/mol. The average molecular weight is 278 g/mol. The Kier molecular flexibility index (Phi) is 5.12. The fraction of sp³-hybridized carbons (Fsp3) is 0.562. The number of rotatable bonds is 5. The van der Waals surface area contributed by atoms with Crippen molar-refractivity contribution in [3.05, 3.63) is 34.6 Å². The molecule has 1 aromatic carbocycles. The summed E-state index contributed by atoms with van der Waals surface area (Å²) in [7, 11) is 0. The van der Waals surface area contributed by atoms with Crippen molar-refractivity contribution in [1.29, 1.82) is 0 Å². The minimum atomic E-state index is -0.146. The molecule has 2 N–H and O–H groups in total. The number of halogens is 1. The first-order valence-electron chi connectivity index (χ1n) is 7.32. The summed E-state index contributed by atoms with van der Waals surface area (Å²) in [4.78, 5) is 11.7. The van der Waals surface area contributed by atoms with Crippen LogP contribution >= 0.6 is 0 Å². The Morgan fingerprint density at radius 1 is 1.25 bits per heavy atom. The van der Waals surface area contributed by atoms with Gasteiger partial charge < -0.3 is 10.6 Å². The summed E-state index contributed by atoms with van der Waals surface area (Å²) in [5.74, 6) is -0.0971. The molecule has 0 unspecified atom stereocenters. The zero-order valence-electron chi connectivity index (χ0n) is 12.3. The fourth-order valence-electron chi connectivity index (χ4n) is 2.81. The summed E-state index contributed by atoms with van der Waals surface area (Å²) in [5.41, 5.74) is 2.31. The van der Waals surface area contributed by atoms with E-state index >= 15 is 0 Å². The van der Waals surface area contributed by atoms with Gasteiger partial charge in [-0.2, -0.15) is 0 Å². The van der Waals surface area contributed by atoms with Gasteiger partial charge in [0.05, 0.1) is 6.54 Å². The van der Waals surface area contributed by atoms with Crippen molar-refractivity contribution < 1.29 is 9.18 Å². The van der Waals surface area contributed by atoms with Crippen LogP contribution in [-0.2, 0) is 11.3 Å². The van der Waals surface area contributed by atoms with Crippen LogP contribution in [0.3, 0.4) is 0 Å². The normalized spacial score (nSPS) is 15.6. The first-order valence-corrected chi connectivity index (χ1v) is 7.32. The maximum atomic E-state index is 13.5. The van der Waals surface area contributed by atoms with Gasteiger partial charge in [0.1, 0.15) is 5.82 Å². The van der Waals surface area contributed by atoms with Crippen molar-refractivity contribution in [2.45, 2.75) is 52.1 Å². The Bertz CT molecular complexity index is 458. The summed E-state index contributed by atoms with van der Waals surface area (Å²) < 4.78 is 13.5. The van der Waals surface area contributed by atoms with Crippen LogP contribution < -0.4 is 10.6 Å². The summed E-state index contributed by atoms with van der Waals surface area (Å²) in [6.45, 7) is 4.42. The quantitative estimate of drug-likeness (QED) is 0.869. The van der Waals surface area contributed by atoms with Crippen LogP contribution in [0.4, 0.5) is 4.39 Å². The van der Waals surface area contributed by atoms with Crippen LogP contribution in [0.1, 0.15) is 42.4 Å². The zero-order valence-corrected chi connectivity index (χ0v) is 12.3. The molecule has 0 heterocycles. The molecular formula is C16H23FN2O. The number of carbonyl (C=O) groups excluding carboxylic acids is 1. The molecule has 0 aliphatic heterocycles. The number of carbonyl (C=O) groups is 1. The minimum absolute atomic E-state index is 0.0486. The number of hydrogen-bond acceptors (Lipinski definition) is 2. The summed E-state index contributed by atoms with van der Waals surface area (Å²) in [5, 5.41) is 6.15. The third-order valence-electron chi connectivity index (χ3n) is 3.83. The van der Waals surface area contributed by atoms with Gasteiger partial charge in [0, 0.05) is 12.6 Å². The molecule has 4 heteroatoms. The lowest BCUT2D eigenvalue weighted by Crippen LogP contribution is -2.38. The molecule has 1 saturated carbocycles. The van der Waals surface area contributed by atoms with Gasteiger partial charge in [-0.15, -0.1) is 0 Å². The lowest BCUT2D eigenvalue weighted by molar-refractivity contribution is -0.120. The zero-order chi connectivity index (χ0) is 14.5. The van der Waals surface area contributed by atoms with Crippen molar-refractivity contribution in [3.63, 3.8) is 0 Å². The molecule has 1 aromatic rings. The van der Waals surface area contributed by atoms with E-state index in [4.69, 9.17) is 0 Å². The molecule has 0 radical (unpaired) electrons. The Labute approximate surface area is 120 Å². The molecule has 2 rings (SSSR count). The fourth-order valence-corrected chi connectivity index (χ4v) is 2.81. The van der Waals surface area contributed by atoms with Gasteiger partial charge in [0.25, 0.3) is 0 Å². The molecule has 1 fully saturated rings. The summed E-state index contributed by atoms with van der Waals surface area (Å²) in [6.07, 6.45) is 4.63. The highest BCUT2D eigenvalue weighted by Crippen LogP contribution is 2.17. The van der Waals surface area contributed by atoms with Gasteiger partial charge >= 0.3 is 0 Å². The van der Waals surface area contributed by atoms with Crippen molar-refractivity contribution >= 4 is 5.91 Å². The molecule has 0 spiro atoms. The number of nitrogens with one attached hydrogen (secondary N) is 2. The maximum absolute atomic E-state index is 13.5. The summed E-state index contributed by atoms with van der Waals surface area (Å²) >= 11 is 0. The topological polar surface area (TPSA) is 41.1 Å². The molecule has 110 valence electrons. The summed E-state index contributed by atoms with van der Waals surface area (Å²) in [6, 6.07) is 4.01. The molecule has 0 bridgehead atoms. The average Bonchev–Trinajstić information content (AvgIpc) is 2.88. The third-order valence-corrected chi connectivity index (χ3v) is 3.83. The molecular weight excluding hydrogens is 255 g/mol. The third kappa shape index (κ3) is 4.04. The lowest BCUT2D eigenvalue weighted by Gasteiger charge is -2.12. The smallest absolute Gasteiger partial charge is 0.234 e. The van der Waals surface area contributed by atoms with Crippen LogP contribution in [-0.4, -0.2) is 18.5 Å². The first-order chi connectivity index (χ1) is 9.56. The van der Waals surface area contributed by atoms with E-state index in [1.54, 1.807) is 13.8 Å². The van der Waals surface area contributed by atoms with E-state index in [2.05, 4.69) is 10.6 Å². The van der Waals surface area contributed by atoms with E-state index in [0.29, 0.717) is 30.3 Å². The van der Waals surface area contributed by atoms with Crippen LogP contribution in [0.5, 0.6) is 0 Å². The van der Waals surface area contributed by atoms with Crippen molar-refractivity contribution in [2.24, 2.45) is 0 Å². The highest BCUT2D eigenvalue weighted by Gasteiger charge is 2.16. The first kappa shape index (κ1) is 15.0. The highest BCUT2D eigenvalue weighted by atomic mass is 19.1. The Morgan fingerprint density at radius 3 is 2.45 bits per heavy atom. The van der Waals surface area contributed by atoms with E-state index in [-0.39, 0.29) is 11.7 Å². The van der Waals surface area contributed by atoms with E-state index in [1.807, 2.05) is 12.1 Å². The maximum Gasteiger partial charge on any atom is 0.234 e. The van der Waals surface area contributed by atoms with Crippen molar-refractivity contribution in [1.82, 2.24) is 10.6 Å². The largest absolute Gasteiger partial charge is 0.352 e. The molecule has 0 aromatic heterocycles. The number of aryl methyl sites for hydroxylation is 2. The van der Waals surface area contributed by atoms with Crippen molar-refractivity contribution in [3.8, 4) is 0 Å². The highest BCUT2D eigenvalue weighted by molar-refractivity contribution is 5.78. The number of hydrogen-bond donors (Lipinski definition) is 2. The number of amides is 1. The molecule has 0 atom stereocenters. The predicted octanol–water partition coefficient (Wildman–Crippen LogP) is 2.59.